The minimum Gasteiger partial charge on any atom is -0.508 e. The van der Waals surface area contributed by atoms with Crippen LogP contribution < -0.4 is 10.6 Å². The van der Waals surface area contributed by atoms with E-state index in [0.717, 1.165) is 19.5 Å². The molecule has 0 atom stereocenters. The van der Waals surface area contributed by atoms with Crippen LogP contribution in [0.4, 0.5) is 0 Å². The fourth-order valence-corrected chi connectivity index (χ4v) is 1.56. The summed E-state index contributed by atoms with van der Waals surface area (Å²) in [6, 6.07) is 4.97. The van der Waals surface area contributed by atoms with E-state index in [4.69, 9.17) is 0 Å². The molecule has 17 heavy (non-hydrogen) atoms. The maximum absolute atomic E-state index is 11.8. The molecule has 94 valence electrons. The Hall–Kier alpha value is -1.55. The van der Waals surface area contributed by atoms with E-state index in [1.165, 1.54) is 0 Å². The smallest absolute Gasteiger partial charge is 0.251 e. The first-order valence-electron chi connectivity index (χ1n) is 5.94. The molecule has 0 unspecified atom stereocenters. The Kier molecular flexibility index (Phi) is 5.49. The lowest BCUT2D eigenvalue weighted by atomic mass is 10.1. The van der Waals surface area contributed by atoms with Gasteiger partial charge in [-0.25, -0.2) is 0 Å². The van der Waals surface area contributed by atoms with Crippen LogP contribution in [0.25, 0.3) is 0 Å². The minimum absolute atomic E-state index is 0.130. The molecule has 0 aromatic heterocycles. The van der Waals surface area contributed by atoms with Crippen LogP contribution in [0.1, 0.15) is 29.3 Å². The largest absolute Gasteiger partial charge is 0.508 e. The average molecular weight is 236 g/mol. The van der Waals surface area contributed by atoms with Gasteiger partial charge in [0.05, 0.1) is 0 Å². The lowest BCUT2D eigenvalue weighted by molar-refractivity contribution is 0.0952. The van der Waals surface area contributed by atoms with Crippen molar-refractivity contribution in [1.29, 1.82) is 0 Å². The molecular formula is C13H20N2O2. The average Bonchev–Trinajstić information content (AvgIpc) is 2.32. The van der Waals surface area contributed by atoms with Crippen LogP contribution in [-0.4, -0.2) is 30.6 Å². The third-order valence-corrected chi connectivity index (χ3v) is 2.62. The summed E-state index contributed by atoms with van der Waals surface area (Å²) in [7, 11) is 0. The van der Waals surface area contributed by atoms with E-state index >= 15 is 0 Å². The van der Waals surface area contributed by atoms with Gasteiger partial charge in [0.2, 0.25) is 0 Å². The molecule has 4 nitrogen and oxygen atoms in total. The molecule has 0 aliphatic heterocycles. The van der Waals surface area contributed by atoms with Crippen LogP contribution in [0.2, 0.25) is 0 Å². The highest BCUT2D eigenvalue weighted by Crippen LogP contribution is 2.19. The van der Waals surface area contributed by atoms with Gasteiger partial charge in [-0.1, -0.05) is 13.0 Å². The van der Waals surface area contributed by atoms with Crippen molar-refractivity contribution >= 4 is 5.91 Å². The number of carbonyl (C=O) groups is 1. The molecule has 0 spiro atoms. The highest BCUT2D eigenvalue weighted by molar-refractivity contribution is 5.96. The molecule has 4 heteroatoms. The highest BCUT2D eigenvalue weighted by Gasteiger charge is 2.10. The van der Waals surface area contributed by atoms with Gasteiger partial charge in [0.25, 0.3) is 5.91 Å². The van der Waals surface area contributed by atoms with Gasteiger partial charge in [0.1, 0.15) is 5.75 Å². The zero-order valence-corrected chi connectivity index (χ0v) is 10.4. The molecule has 0 saturated heterocycles. The molecule has 1 amide bonds. The second-order valence-corrected chi connectivity index (χ2v) is 3.91. The van der Waals surface area contributed by atoms with Crippen LogP contribution in [0, 0.1) is 6.92 Å². The maximum Gasteiger partial charge on any atom is 0.251 e. The number of rotatable bonds is 6. The van der Waals surface area contributed by atoms with Crippen LogP contribution in [0.5, 0.6) is 5.75 Å². The number of nitrogens with one attached hydrogen (secondary N) is 2. The number of phenols is 1. The van der Waals surface area contributed by atoms with Crippen molar-refractivity contribution in [2.75, 3.05) is 19.6 Å². The Morgan fingerprint density at radius 1 is 1.35 bits per heavy atom. The molecule has 0 saturated carbocycles. The lowest BCUT2D eigenvalue weighted by Gasteiger charge is -2.08. The Balaban J connectivity index is 2.44. The summed E-state index contributed by atoms with van der Waals surface area (Å²) in [5, 5.41) is 15.5. The van der Waals surface area contributed by atoms with Crippen molar-refractivity contribution in [1.82, 2.24) is 10.6 Å². The molecule has 3 N–H and O–H groups in total. The molecule has 0 radical (unpaired) electrons. The van der Waals surface area contributed by atoms with Gasteiger partial charge >= 0.3 is 0 Å². The zero-order chi connectivity index (χ0) is 12.7. The molecule has 1 aromatic carbocycles. The van der Waals surface area contributed by atoms with E-state index in [-0.39, 0.29) is 11.7 Å². The maximum atomic E-state index is 11.8. The predicted octanol–water partition coefficient (Wildman–Crippen LogP) is 1.43. The van der Waals surface area contributed by atoms with Crippen LogP contribution in [-0.2, 0) is 0 Å². The van der Waals surface area contributed by atoms with Gasteiger partial charge in [0.15, 0.2) is 0 Å². The topological polar surface area (TPSA) is 61.4 Å². The van der Waals surface area contributed by atoms with Crippen molar-refractivity contribution in [3.05, 3.63) is 29.3 Å². The van der Waals surface area contributed by atoms with E-state index < -0.39 is 0 Å². The number of benzene rings is 1. The van der Waals surface area contributed by atoms with E-state index in [1.54, 1.807) is 25.1 Å². The lowest BCUT2D eigenvalue weighted by Crippen LogP contribution is -2.27. The minimum atomic E-state index is -0.130. The van der Waals surface area contributed by atoms with Crippen LogP contribution in [0.3, 0.4) is 0 Å². The fraction of sp³-hybridized carbons (Fsp3) is 0.462. The van der Waals surface area contributed by atoms with Crippen LogP contribution in [0.15, 0.2) is 18.2 Å². The summed E-state index contributed by atoms with van der Waals surface area (Å²) < 4.78 is 0. The highest BCUT2D eigenvalue weighted by atomic mass is 16.3. The van der Waals surface area contributed by atoms with Gasteiger partial charge in [-0.05, 0) is 38.6 Å². The molecule has 0 fully saturated rings. The van der Waals surface area contributed by atoms with Gasteiger partial charge in [-0.3, -0.25) is 4.79 Å². The van der Waals surface area contributed by atoms with Gasteiger partial charge in [-0.15, -0.1) is 0 Å². The molecule has 0 aliphatic rings. The first-order valence-corrected chi connectivity index (χ1v) is 5.94. The van der Waals surface area contributed by atoms with Crippen molar-refractivity contribution in [3.8, 4) is 5.75 Å². The fourth-order valence-electron chi connectivity index (χ4n) is 1.56. The summed E-state index contributed by atoms with van der Waals surface area (Å²) in [5.41, 5.74) is 1.16. The number of hydrogen-bond acceptors (Lipinski definition) is 3. The normalized spacial score (nSPS) is 10.2. The predicted molar refractivity (Wildman–Crippen MR) is 68.3 cm³/mol. The molecule has 0 heterocycles. The van der Waals surface area contributed by atoms with Crippen LogP contribution >= 0.6 is 0 Å². The van der Waals surface area contributed by atoms with E-state index in [2.05, 4.69) is 17.6 Å². The number of phenolic OH excluding ortho intramolecular Hbond substituents is 1. The molecule has 0 bridgehead atoms. The number of carbonyl (C=O) groups excluding carboxylic acids is 1. The molecule has 1 aromatic rings. The molecular weight excluding hydrogens is 216 g/mol. The Morgan fingerprint density at radius 2 is 2.12 bits per heavy atom. The Bertz CT molecular complexity index is 378. The van der Waals surface area contributed by atoms with Gasteiger partial charge in [0, 0.05) is 17.7 Å². The number of hydrogen-bond donors (Lipinski definition) is 3. The summed E-state index contributed by atoms with van der Waals surface area (Å²) >= 11 is 0. The second-order valence-electron chi connectivity index (χ2n) is 3.91. The Morgan fingerprint density at radius 3 is 2.82 bits per heavy atom. The monoisotopic (exact) mass is 236 g/mol. The van der Waals surface area contributed by atoms with Crippen molar-refractivity contribution in [2.24, 2.45) is 0 Å². The van der Waals surface area contributed by atoms with Gasteiger partial charge in [-0.2, -0.15) is 0 Å². The van der Waals surface area contributed by atoms with Crippen molar-refractivity contribution in [3.63, 3.8) is 0 Å². The van der Waals surface area contributed by atoms with E-state index in [9.17, 15) is 9.90 Å². The van der Waals surface area contributed by atoms with Crippen molar-refractivity contribution < 1.29 is 9.90 Å². The summed E-state index contributed by atoms with van der Waals surface area (Å²) in [5.74, 6) is 0.0280. The van der Waals surface area contributed by atoms with Gasteiger partial charge < -0.3 is 15.7 Å². The zero-order valence-electron chi connectivity index (χ0n) is 10.4. The first kappa shape index (κ1) is 13.5. The molecule has 1 rings (SSSR count). The Labute approximate surface area is 102 Å². The third-order valence-electron chi connectivity index (χ3n) is 2.62. The SMILES string of the molecule is CCNCCCNC(=O)c1cccc(O)c1C. The summed E-state index contributed by atoms with van der Waals surface area (Å²) in [4.78, 5) is 11.8. The summed E-state index contributed by atoms with van der Waals surface area (Å²) in [6.07, 6.45) is 0.900. The first-order chi connectivity index (χ1) is 8.16. The van der Waals surface area contributed by atoms with E-state index in [0.29, 0.717) is 17.7 Å². The second kappa shape index (κ2) is 6.91. The number of aromatic hydroxyl groups is 1. The third kappa shape index (κ3) is 4.07. The number of amides is 1. The van der Waals surface area contributed by atoms with E-state index in [1.807, 2.05) is 0 Å². The van der Waals surface area contributed by atoms with Crippen molar-refractivity contribution in [2.45, 2.75) is 20.3 Å². The quantitative estimate of drug-likeness (QED) is 0.655. The standard InChI is InChI=1S/C13H20N2O2/c1-3-14-8-5-9-15-13(17)11-6-4-7-12(16)10(11)2/h4,6-7,14,16H,3,5,8-9H2,1-2H3,(H,15,17). The molecule has 0 aliphatic carbocycles. The summed E-state index contributed by atoms with van der Waals surface area (Å²) in [6.45, 7) is 6.27.